The van der Waals surface area contributed by atoms with E-state index in [2.05, 4.69) is 5.32 Å². The van der Waals surface area contributed by atoms with E-state index in [-0.39, 0.29) is 11.9 Å². The van der Waals surface area contributed by atoms with Gasteiger partial charge in [-0.2, -0.15) is 0 Å². The molecule has 1 aromatic rings. The number of piperidine rings is 1. The van der Waals surface area contributed by atoms with E-state index in [0.717, 1.165) is 0 Å². The molecule has 0 atom stereocenters. The van der Waals surface area contributed by atoms with Crippen LogP contribution in [0.2, 0.25) is 0 Å². The van der Waals surface area contributed by atoms with Crippen molar-refractivity contribution in [1.29, 1.82) is 0 Å². The minimum atomic E-state index is -3.12. The van der Waals surface area contributed by atoms with Crippen LogP contribution in [0.4, 0.5) is 0 Å². The summed E-state index contributed by atoms with van der Waals surface area (Å²) in [5.41, 5.74) is 0. The summed E-state index contributed by atoms with van der Waals surface area (Å²) in [6.45, 7) is 0.900. The van der Waals surface area contributed by atoms with E-state index in [9.17, 15) is 13.2 Å². The van der Waals surface area contributed by atoms with Crippen molar-refractivity contribution in [2.24, 2.45) is 0 Å². The molecule has 0 radical (unpaired) electrons. The van der Waals surface area contributed by atoms with Gasteiger partial charge in [-0.1, -0.05) is 0 Å². The molecule has 110 valence electrons. The third kappa shape index (κ3) is 4.21. The average Bonchev–Trinajstić information content (AvgIpc) is 2.89. The van der Waals surface area contributed by atoms with Crippen molar-refractivity contribution in [2.75, 3.05) is 19.3 Å². The van der Waals surface area contributed by atoms with Crippen molar-refractivity contribution in [3.8, 4) is 0 Å². The lowest BCUT2D eigenvalue weighted by molar-refractivity contribution is -0.117. The Kier molecular flexibility index (Phi) is 4.61. The van der Waals surface area contributed by atoms with Gasteiger partial charge in [0.15, 0.2) is 0 Å². The molecule has 1 N–H and O–H groups in total. The van der Waals surface area contributed by atoms with Gasteiger partial charge >= 0.3 is 0 Å². The summed E-state index contributed by atoms with van der Waals surface area (Å²) in [5.74, 6) is 0.422. The lowest BCUT2D eigenvalue weighted by Crippen LogP contribution is -2.45. The monoisotopic (exact) mass is 298 g/mol. The molecule has 6 nitrogen and oxygen atoms in total. The van der Waals surface area contributed by atoms with Crippen molar-refractivity contribution in [1.82, 2.24) is 9.62 Å². The Morgan fingerprint density at radius 2 is 2.15 bits per heavy atom. The first-order chi connectivity index (χ1) is 9.45. The number of nitrogens with zero attached hydrogens (tertiary/aromatic N) is 1. The van der Waals surface area contributed by atoms with E-state index in [1.54, 1.807) is 24.5 Å². The molecule has 1 aromatic heterocycles. The van der Waals surface area contributed by atoms with Crippen LogP contribution in [0.25, 0.3) is 6.08 Å². The Hall–Kier alpha value is -1.60. The topological polar surface area (TPSA) is 79.6 Å². The standard InChI is InChI=1S/C13H18N2O4S/c1-20(17,18)15-8-6-11(7-9-15)14-13(16)5-4-12-3-2-10-19-12/h2-5,10-11H,6-9H2,1H3,(H,14,16). The van der Waals surface area contributed by atoms with Gasteiger partial charge in [0.1, 0.15) is 5.76 Å². The van der Waals surface area contributed by atoms with Crippen LogP contribution in [0, 0.1) is 0 Å². The van der Waals surface area contributed by atoms with Gasteiger partial charge in [0, 0.05) is 25.2 Å². The predicted molar refractivity (Wildman–Crippen MR) is 75.3 cm³/mol. The minimum Gasteiger partial charge on any atom is -0.465 e. The van der Waals surface area contributed by atoms with Gasteiger partial charge in [0.05, 0.1) is 12.5 Å². The Bertz CT molecular complexity index is 570. The van der Waals surface area contributed by atoms with Gasteiger partial charge in [0.25, 0.3) is 0 Å². The van der Waals surface area contributed by atoms with Gasteiger partial charge in [-0.15, -0.1) is 0 Å². The van der Waals surface area contributed by atoms with Crippen LogP contribution in [0.15, 0.2) is 28.9 Å². The van der Waals surface area contributed by atoms with Crippen molar-refractivity contribution in [2.45, 2.75) is 18.9 Å². The quantitative estimate of drug-likeness (QED) is 0.835. The number of carbonyl (C=O) groups excluding carboxylic acids is 1. The van der Waals surface area contributed by atoms with Crippen molar-refractivity contribution >= 4 is 22.0 Å². The van der Waals surface area contributed by atoms with Crippen molar-refractivity contribution < 1.29 is 17.6 Å². The van der Waals surface area contributed by atoms with Crippen LogP contribution in [0.3, 0.4) is 0 Å². The molecule has 0 aromatic carbocycles. The second-order valence-corrected chi connectivity index (χ2v) is 6.78. The van der Waals surface area contributed by atoms with Gasteiger partial charge in [0.2, 0.25) is 15.9 Å². The fourth-order valence-corrected chi connectivity index (χ4v) is 3.00. The highest BCUT2D eigenvalue weighted by atomic mass is 32.2. The van der Waals surface area contributed by atoms with Crippen LogP contribution in [-0.2, 0) is 14.8 Å². The predicted octanol–water partition coefficient (Wildman–Crippen LogP) is 0.833. The highest BCUT2D eigenvalue weighted by molar-refractivity contribution is 7.88. The fourth-order valence-electron chi connectivity index (χ4n) is 2.12. The molecule has 0 saturated carbocycles. The molecule has 20 heavy (non-hydrogen) atoms. The lowest BCUT2D eigenvalue weighted by atomic mass is 10.1. The van der Waals surface area contributed by atoms with Crippen LogP contribution in [0.1, 0.15) is 18.6 Å². The third-order valence-electron chi connectivity index (χ3n) is 3.21. The first-order valence-electron chi connectivity index (χ1n) is 6.42. The highest BCUT2D eigenvalue weighted by Crippen LogP contribution is 2.13. The van der Waals surface area contributed by atoms with E-state index in [1.165, 1.54) is 16.6 Å². The number of nitrogens with one attached hydrogen (secondary N) is 1. The van der Waals surface area contributed by atoms with E-state index in [1.807, 2.05) is 0 Å². The molecular formula is C13H18N2O4S. The number of sulfonamides is 1. The molecule has 0 aliphatic carbocycles. The summed E-state index contributed by atoms with van der Waals surface area (Å²) in [4.78, 5) is 11.7. The summed E-state index contributed by atoms with van der Waals surface area (Å²) >= 11 is 0. The SMILES string of the molecule is CS(=O)(=O)N1CCC(NC(=O)C=Cc2ccco2)CC1. The second kappa shape index (κ2) is 6.23. The molecule has 1 fully saturated rings. The maximum atomic E-state index is 11.7. The molecule has 0 bridgehead atoms. The molecule has 0 unspecified atom stereocenters. The van der Waals surface area contributed by atoms with Crippen LogP contribution < -0.4 is 5.32 Å². The molecule has 1 aliphatic rings. The average molecular weight is 298 g/mol. The number of rotatable bonds is 4. The maximum absolute atomic E-state index is 11.7. The molecule has 7 heteroatoms. The molecule has 1 saturated heterocycles. The number of amides is 1. The van der Waals surface area contributed by atoms with Gasteiger partial charge in [-0.25, -0.2) is 12.7 Å². The number of hydrogen-bond acceptors (Lipinski definition) is 4. The maximum Gasteiger partial charge on any atom is 0.244 e. The smallest absolute Gasteiger partial charge is 0.244 e. The highest BCUT2D eigenvalue weighted by Gasteiger charge is 2.25. The summed E-state index contributed by atoms with van der Waals surface area (Å²) in [7, 11) is -3.12. The molecule has 1 aliphatic heterocycles. The molecule has 1 amide bonds. The van der Waals surface area contributed by atoms with Crippen molar-refractivity contribution in [3.05, 3.63) is 30.2 Å². The van der Waals surface area contributed by atoms with Gasteiger partial charge in [-0.05, 0) is 31.1 Å². The second-order valence-electron chi connectivity index (χ2n) is 4.79. The third-order valence-corrected chi connectivity index (χ3v) is 4.51. The number of furan rings is 1. The van der Waals surface area contributed by atoms with Gasteiger partial charge < -0.3 is 9.73 Å². The van der Waals surface area contributed by atoms with E-state index < -0.39 is 10.0 Å². The summed E-state index contributed by atoms with van der Waals surface area (Å²) in [5, 5.41) is 2.86. The van der Waals surface area contributed by atoms with E-state index in [4.69, 9.17) is 4.42 Å². The summed E-state index contributed by atoms with van der Waals surface area (Å²) in [6, 6.07) is 3.52. The van der Waals surface area contributed by atoms with Crippen LogP contribution in [-0.4, -0.2) is 44.0 Å². The Morgan fingerprint density at radius 1 is 1.45 bits per heavy atom. The molecular weight excluding hydrogens is 280 g/mol. The van der Waals surface area contributed by atoms with Crippen molar-refractivity contribution in [3.63, 3.8) is 0 Å². The number of carbonyl (C=O) groups is 1. The fraction of sp³-hybridized carbons (Fsp3) is 0.462. The lowest BCUT2D eigenvalue weighted by Gasteiger charge is -2.30. The Labute approximate surface area is 118 Å². The first kappa shape index (κ1) is 14.8. The van der Waals surface area contributed by atoms with Crippen LogP contribution >= 0.6 is 0 Å². The zero-order valence-electron chi connectivity index (χ0n) is 11.3. The van der Waals surface area contributed by atoms with Crippen LogP contribution in [0.5, 0.6) is 0 Å². The Balaban J connectivity index is 1.79. The molecule has 2 rings (SSSR count). The number of hydrogen-bond donors (Lipinski definition) is 1. The minimum absolute atomic E-state index is 0.0155. The summed E-state index contributed by atoms with van der Waals surface area (Å²) < 4.78 is 29.3. The van der Waals surface area contributed by atoms with Gasteiger partial charge in [-0.3, -0.25) is 4.79 Å². The summed E-state index contributed by atoms with van der Waals surface area (Å²) in [6.07, 6.45) is 7.03. The zero-order chi connectivity index (χ0) is 14.6. The van der Waals surface area contributed by atoms with E-state index >= 15 is 0 Å². The largest absolute Gasteiger partial charge is 0.465 e. The normalized spacial score (nSPS) is 18.4. The first-order valence-corrected chi connectivity index (χ1v) is 8.27. The molecule has 0 spiro atoms. The molecule has 2 heterocycles. The zero-order valence-corrected chi connectivity index (χ0v) is 12.1. The Morgan fingerprint density at radius 3 is 2.70 bits per heavy atom. The van der Waals surface area contributed by atoms with E-state index in [0.29, 0.717) is 31.7 Å².